The summed E-state index contributed by atoms with van der Waals surface area (Å²) in [6, 6.07) is 17.8. The highest BCUT2D eigenvalue weighted by Crippen LogP contribution is 2.22. The van der Waals surface area contributed by atoms with Gasteiger partial charge in [0.15, 0.2) is 0 Å². The van der Waals surface area contributed by atoms with E-state index in [4.69, 9.17) is 4.74 Å². The molecule has 0 atom stereocenters. The molecule has 1 aliphatic heterocycles. The molecule has 0 aromatic heterocycles. The van der Waals surface area contributed by atoms with Crippen molar-refractivity contribution < 1.29 is 9.53 Å². The molecule has 1 heterocycles. The molecular weight excluding hydrogens is 338 g/mol. The molecule has 5 nitrogen and oxygen atoms in total. The van der Waals surface area contributed by atoms with Gasteiger partial charge in [-0.15, -0.1) is 0 Å². The van der Waals surface area contributed by atoms with E-state index in [1.807, 2.05) is 30.3 Å². The first kappa shape index (κ1) is 19.1. The number of carbonyl (C=O) groups excluding carboxylic acids is 1. The maximum Gasteiger partial charge on any atom is 0.238 e. The molecule has 0 saturated carbocycles. The Morgan fingerprint density at radius 3 is 2.41 bits per heavy atom. The topological polar surface area (TPSA) is 44.8 Å². The number of rotatable bonds is 7. The SMILES string of the molecule is COc1ccccc1NC(=O)CN1CCN(C/C=C/c2ccccc2)CC1. The van der Waals surface area contributed by atoms with E-state index in [2.05, 4.69) is 51.5 Å². The standard InChI is InChI=1S/C22H27N3O2/c1-27-21-12-6-5-11-20(21)23-22(26)18-25-16-14-24(15-17-25)13-7-10-19-8-3-2-4-9-19/h2-12H,13-18H2,1H3,(H,23,26)/b10-7+. The fourth-order valence-electron chi connectivity index (χ4n) is 3.17. The van der Waals surface area contributed by atoms with E-state index in [9.17, 15) is 4.79 Å². The quantitative estimate of drug-likeness (QED) is 0.819. The molecule has 0 unspecified atom stereocenters. The normalized spacial score (nSPS) is 15.7. The monoisotopic (exact) mass is 365 g/mol. The second-order valence-corrected chi connectivity index (χ2v) is 6.64. The van der Waals surface area contributed by atoms with Crippen LogP contribution in [0.4, 0.5) is 5.69 Å². The van der Waals surface area contributed by atoms with Gasteiger partial charge in [-0.1, -0.05) is 54.6 Å². The predicted octanol–water partition coefficient (Wildman–Crippen LogP) is 2.96. The van der Waals surface area contributed by atoms with E-state index >= 15 is 0 Å². The first-order valence-electron chi connectivity index (χ1n) is 9.34. The molecule has 2 aromatic carbocycles. The number of nitrogens with zero attached hydrogens (tertiary/aromatic N) is 2. The lowest BCUT2D eigenvalue weighted by atomic mass is 10.2. The lowest BCUT2D eigenvalue weighted by Gasteiger charge is -2.33. The van der Waals surface area contributed by atoms with E-state index in [1.165, 1.54) is 5.56 Å². The number of ether oxygens (including phenoxy) is 1. The Labute approximate surface area is 161 Å². The van der Waals surface area contributed by atoms with Gasteiger partial charge in [-0.2, -0.15) is 0 Å². The number of nitrogens with one attached hydrogen (secondary N) is 1. The van der Waals surface area contributed by atoms with Gasteiger partial charge in [0.2, 0.25) is 5.91 Å². The Kier molecular flexibility index (Phi) is 7.02. The van der Waals surface area contributed by atoms with Crippen LogP contribution in [0.2, 0.25) is 0 Å². The summed E-state index contributed by atoms with van der Waals surface area (Å²) < 4.78 is 5.28. The van der Waals surface area contributed by atoms with E-state index in [-0.39, 0.29) is 5.91 Å². The molecule has 2 aromatic rings. The molecule has 0 bridgehead atoms. The van der Waals surface area contributed by atoms with Crippen molar-refractivity contribution in [3.63, 3.8) is 0 Å². The van der Waals surface area contributed by atoms with Crippen molar-refractivity contribution in [3.05, 3.63) is 66.2 Å². The van der Waals surface area contributed by atoms with Crippen molar-refractivity contribution in [1.82, 2.24) is 9.80 Å². The minimum Gasteiger partial charge on any atom is -0.495 e. The number of piperazine rings is 1. The minimum absolute atomic E-state index is 0.00285. The third-order valence-electron chi connectivity index (χ3n) is 4.69. The minimum atomic E-state index is -0.00285. The predicted molar refractivity (Wildman–Crippen MR) is 110 cm³/mol. The second kappa shape index (κ2) is 9.90. The van der Waals surface area contributed by atoms with Crippen molar-refractivity contribution >= 4 is 17.7 Å². The number of anilines is 1. The van der Waals surface area contributed by atoms with Crippen LogP contribution in [0.15, 0.2) is 60.7 Å². The molecule has 0 radical (unpaired) electrons. The van der Waals surface area contributed by atoms with Gasteiger partial charge in [0, 0.05) is 32.7 Å². The molecule has 1 saturated heterocycles. The van der Waals surface area contributed by atoms with Crippen molar-refractivity contribution in [2.45, 2.75) is 0 Å². The average Bonchev–Trinajstić information content (AvgIpc) is 2.70. The number of para-hydroxylation sites is 2. The Morgan fingerprint density at radius 1 is 1.00 bits per heavy atom. The zero-order chi connectivity index (χ0) is 18.9. The van der Waals surface area contributed by atoms with Gasteiger partial charge in [0.05, 0.1) is 19.3 Å². The number of benzene rings is 2. The summed E-state index contributed by atoms with van der Waals surface area (Å²) in [4.78, 5) is 16.9. The molecule has 5 heteroatoms. The highest BCUT2D eigenvalue weighted by molar-refractivity contribution is 5.93. The van der Waals surface area contributed by atoms with E-state index in [0.717, 1.165) is 38.4 Å². The second-order valence-electron chi connectivity index (χ2n) is 6.64. The summed E-state index contributed by atoms with van der Waals surface area (Å²) in [5.41, 5.74) is 1.94. The Hall–Kier alpha value is -2.63. The van der Waals surface area contributed by atoms with Gasteiger partial charge >= 0.3 is 0 Å². The average molecular weight is 365 g/mol. The molecule has 1 aliphatic rings. The lowest BCUT2D eigenvalue weighted by Crippen LogP contribution is -2.48. The molecule has 1 N–H and O–H groups in total. The summed E-state index contributed by atoms with van der Waals surface area (Å²) in [6.07, 6.45) is 4.37. The van der Waals surface area contributed by atoms with Crippen molar-refractivity contribution in [3.8, 4) is 5.75 Å². The van der Waals surface area contributed by atoms with Crippen molar-refractivity contribution in [1.29, 1.82) is 0 Å². The molecule has 1 fully saturated rings. The maximum atomic E-state index is 12.3. The number of carbonyl (C=O) groups is 1. The summed E-state index contributed by atoms with van der Waals surface area (Å²) in [7, 11) is 1.61. The van der Waals surface area contributed by atoms with Gasteiger partial charge in [-0.05, 0) is 17.7 Å². The Bertz CT molecular complexity index is 753. The van der Waals surface area contributed by atoms with Crippen LogP contribution in [0.25, 0.3) is 6.08 Å². The van der Waals surface area contributed by atoms with E-state index < -0.39 is 0 Å². The number of methoxy groups -OCH3 is 1. The highest BCUT2D eigenvalue weighted by Gasteiger charge is 2.18. The smallest absolute Gasteiger partial charge is 0.238 e. The van der Waals surface area contributed by atoms with Gasteiger partial charge < -0.3 is 10.1 Å². The third-order valence-corrected chi connectivity index (χ3v) is 4.69. The van der Waals surface area contributed by atoms with Gasteiger partial charge in [0.25, 0.3) is 0 Å². The number of hydrogen-bond donors (Lipinski definition) is 1. The molecule has 27 heavy (non-hydrogen) atoms. The van der Waals surface area contributed by atoms with Crippen LogP contribution >= 0.6 is 0 Å². The van der Waals surface area contributed by atoms with Crippen LogP contribution in [-0.4, -0.2) is 62.1 Å². The highest BCUT2D eigenvalue weighted by atomic mass is 16.5. The number of amides is 1. The zero-order valence-corrected chi connectivity index (χ0v) is 15.8. The Morgan fingerprint density at radius 2 is 1.67 bits per heavy atom. The summed E-state index contributed by atoms with van der Waals surface area (Å²) in [5.74, 6) is 0.679. The summed E-state index contributed by atoms with van der Waals surface area (Å²) >= 11 is 0. The van der Waals surface area contributed by atoms with Crippen LogP contribution in [0.1, 0.15) is 5.56 Å². The maximum absolute atomic E-state index is 12.3. The molecule has 0 spiro atoms. The first-order valence-corrected chi connectivity index (χ1v) is 9.34. The van der Waals surface area contributed by atoms with Crippen LogP contribution in [0.3, 0.4) is 0 Å². The molecule has 142 valence electrons. The van der Waals surface area contributed by atoms with Crippen LogP contribution in [-0.2, 0) is 4.79 Å². The summed E-state index contributed by atoms with van der Waals surface area (Å²) in [5, 5.41) is 2.94. The zero-order valence-electron chi connectivity index (χ0n) is 15.8. The Balaban J connectivity index is 1.40. The van der Waals surface area contributed by atoms with Gasteiger partial charge in [0.1, 0.15) is 5.75 Å². The largest absolute Gasteiger partial charge is 0.495 e. The van der Waals surface area contributed by atoms with Crippen molar-refractivity contribution in [2.75, 3.05) is 51.7 Å². The van der Waals surface area contributed by atoms with Crippen molar-refractivity contribution in [2.24, 2.45) is 0 Å². The molecule has 1 amide bonds. The number of hydrogen-bond acceptors (Lipinski definition) is 4. The first-order chi connectivity index (χ1) is 13.2. The molecular formula is C22H27N3O2. The van der Waals surface area contributed by atoms with Gasteiger partial charge in [-0.3, -0.25) is 14.6 Å². The molecule has 3 rings (SSSR count). The van der Waals surface area contributed by atoms with Crippen LogP contribution in [0, 0.1) is 0 Å². The molecule has 0 aliphatic carbocycles. The fraction of sp³-hybridized carbons (Fsp3) is 0.318. The van der Waals surface area contributed by atoms with Crippen LogP contribution < -0.4 is 10.1 Å². The van der Waals surface area contributed by atoms with E-state index in [1.54, 1.807) is 7.11 Å². The van der Waals surface area contributed by atoms with E-state index in [0.29, 0.717) is 12.3 Å². The van der Waals surface area contributed by atoms with Gasteiger partial charge in [-0.25, -0.2) is 0 Å². The third kappa shape index (κ3) is 5.94. The fourth-order valence-corrected chi connectivity index (χ4v) is 3.17. The summed E-state index contributed by atoms with van der Waals surface area (Å²) in [6.45, 7) is 5.10. The lowest BCUT2D eigenvalue weighted by molar-refractivity contribution is -0.117. The van der Waals surface area contributed by atoms with Crippen LogP contribution in [0.5, 0.6) is 5.75 Å².